The summed E-state index contributed by atoms with van der Waals surface area (Å²) in [5.74, 6) is 0.125. The summed E-state index contributed by atoms with van der Waals surface area (Å²) in [5.41, 5.74) is 5.32. The van der Waals surface area contributed by atoms with Gasteiger partial charge in [-0.15, -0.1) is 0 Å². The summed E-state index contributed by atoms with van der Waals surface area (Å²) in [7, 11) is 0. The van der Waals surface area contributed by atoms with Crippen LogP contribution in [-0.2, 0) is 13.0 Å². The van der Waals surface area contributed by atoms with Crippen molar-refractivity contribution >= 4 is 11.0 Å². The van der Waals surface area contributed by atoms with Gasteiger partial charge in [0, 0.05) is 30.5 Å². The molecule has 0 spiro atoms. The zero-order valence-electron chi connectivity index (χ0n) is 15.4. The first-order valence-electron chi connectivity index (χ1n) is 9.03. The van der Waals surface area contributed by atoms with Crippen LogP contribution in [0.15, 0.2) is 49.1 Å². The molecule has 0 bridgehead atoms. The van der Waals surface area contributed by atoms with Gasteiger partial charge in [0.15, 0.2) is 11.6 Å². The van der Waals surface area contributed by atoms with Crippen LogP contribution in [0.25, 0.3) is 22.6 Å². The largest absolute Gasteiger partial charge is 0.325 e. The number of fused-ring (bicyclic) bond motifs is 1. The monoisotopic (exact) mass is 361 g/mol. The average molecular weight is 361 g/mol. The van der Waals surface area contributed by atoms with Crippen molar-refractivity contribution in [2.75, 3.05) is 0 Å². The molecule has 6 heteroatoms. The van der Waals surface area contributed by atoms with E-state index in [-0.39, 0.29) is 11.5 Å². The van der Waals surface area contributed by atoms with E-state index in [9.17, 15) is 4.39 Å². The Morgan fingerprint density at radius 2 is 1.96 bits per heavy atom. The van der Waals surface area contributed by atoms with E-state index in [0.29, 0.717) is 12.4 Å². The molecule has 0 amide bonds. The van der Waals surface area contributed by atoms with Crippen molar-refractivity contribution in [3.05, 3.63) is 71.7 Å². The molecule has 5 nitrogen and oxygen atoms in total. The van der Waals surface area contributed by atoms with Gasteiger partial charge in [0.2, 0.25) is 0 Å². The highest BCUT2D eigenvalue weighted by Gasteiger charge is 2.15. The Labute approximate surface area is 157 Å². The molecule has 0 aliphatic carbocycles. The zero-order valence-corrected chi connectivity index (χ0v) is 15.4. The second kappa shape index (κ2) is 7.23. The van der Waals surface area contributed by atoms with E-state index in [1.54, 1.807) is 18.5 Å². The summed E-state index contributed by atoms with van der Waals surface area (Å²) in [6, 6.07) is 6.95. The Hall–Kier alpha value is -3.15. The first kappa shape index (κ1) is 17.3. The summed E-state index contributed by atoms with van der Waals surface area (Å²) >= 11 is 0. The van der Waals surface area contributed by atoms with Crippen LogP contribution >= 0.6 is 0 Å². The number of hydrogen-bond acceptors (Lipinski definition) is 4. The molecule has 0 atom stereocenters. The van der Waals surface area contributed by atoms with E-state index < -0.39 is 0 Å². The quantitative estimate of drug-likeness (QED) is 0.531. The molecule has 0 radical (unpaired) electrons. The van der Waals surface area contributed by atoms with Crippen LogP contribution in [-0.4, -0.2) is 24.5 Å². The van der Waals surface area contributed by atoms with Gasteiger partial charge in [0.05, 0.1) is 17.6 Å². The minimum absolute atomic E-state index is 0.252. The van der Waals surface area contributed by atoms with Crippen LogP contribution in [0.2, 0.25) is 0 Å². The number of hydrogen-bond donors (Lipinski definition) is 0. The lowest BCUT2D eigenvalue weighted by Gasteiger charge is -2.14. The topological polar surface area (TPSA) is 56.5 Å². The third-order valence-electron chi connectivity index (χ3n) is 4.57. The molecule has 0 aliphatic rings. The maximum atomic E-state index is 14.2. The first-order valence-corrected chi connectivity index (χ1v) is 9.03. The fraction of sp³-hybridized carbons (Fsp3) is 0.238. The summed E-state index contributed by atoms with van der Waals surface area (Å²) < 4.78 is 16.1. The van der Waals surface area contributed by atoms with E-state index in [4.69, 9.17) is 4.98 Å². The third kappa shape index (κ3) is 3.30. The summed E-state index contributed by atoms with van der Waals surface area (Å²) in [6.45, 7) is 4.68. The van der Waals surface area contributed by atoms with E-state index in [0.717, 1.165) is 35.1 Å². The van der Waals surface area contributed by atoms with Crippen molar-refractivity contribution < 1.29 is 4.39 Å². The smallest absolute Gasteiger partial charge is 0.162 e. The molecule has 4 aromatic heterocycles. The van der Waals surface area contributed by atoms with Crippen molar-refractivity contribution in [3.63, 3.8) is 0 Å². The molecule has 0 N–H and O–H groups in total. The molecule has 4 heterocycles. The SMILES string of the molecule is CCCc1c(Cn2ccnc2-c2ncccc2F)cnc2ccc(C)nc12. The van der Waals surface area contributed by atoms with Crippen molar-refractivity contribution in [1.29, 1.82) is 0 Å². The minimum Gasteiger partial charge on any atom is -0.325 e. The molecular formula is C21H20FN5. The summed E-state index contributed by atoms with van der Waals surface area (Å²) in [6.07, 6.45) is 8.89. The van der Waals surface area contributed by atoms with Crippen LogP contribution in [0.5, 0.6) is 0 Å². The van der Waals surface area contributed by atoms with Crippen LogP contribution in [0.3, 0.4) is 0 Å². The number of rotatable bonds is 5. The molecule has 27 heavy (non-hydrogen) atoms. The molecular weight excluding hydrogens is 341 g/mol. The second-order valence-electron chi connectivity index (χ2n) is 6.54. The number of aromatic nitrogens is 5. The standard InChI is InChI=1S/C21H20FN5/c1-3-5-16-15(12-25-18-8-7-14(2)26-19(16)18)13-27-11-10-24-21(27)20-17(22)6-4-9-23-20/h4,6-12H,3,5,13H2,1-2H3. The lowest BCUT2D eigenvalue weighted by molar-refractivity contribution is 0.621. The Morgan fingerprint density at radius 1 is 1.07 bits per heavy atom. The minimum atomic E-state index is -0.382. The fourth-order valence-electron chi connectivity index (χ4n) is 3.31. The highest BCUT2D eigenvalue weighted by molar-refractivity contribution is 5.79. The number of imidazole rings is 1. The van der Waals surface area contributed by atoms with Gasteiger partial charge < -0.3 is 4.57 Å². The molecule has 0 aliphatic heterocycles. The van der Waals surface area contributed by atoms with Crippen molar-refractivity contribution in [3.8, 4) is 11.5 Å². The van der Waals surface area contributed by atoms with E-state index >= 15 is 0 Å². The second-order valence-corrected chi connectivity index (χ2v) is 6.54. The Kier molecular flexibility index (Phi) is 4.62. The van der Waals surface area contributed by atoms with Crippen molar-refractivity contribution in [2.45, 2.75) is 33.2 Å². The van der Waals surface area contributed by atoms with Gasteiger partial charge in [-0.3, -0.25) is 9.97 Å². The van der Waals surface area contributed by atoms with Gasteiger partial charge in [-0.25, -0.2) is 14.4 Å². The third-order valence-corrected chi connectivity index (χ3v) is 4.57. The van der Waals surface area contributed by atoms with Gasteiger partial charge in [0.1, 0.15) is 5.69 Å². The molecule has 0 unspecified atom stereocenters. The number of nitrogens with zero attached hydrogens (tertiary/aromatic N) is 5. The lowest BCUT2D eigenvalue weighted by atomic mass is 10.0. The maximum absolute atomic E-state index is 14.2. The highest BCUT2D eigenvalue weighted by atomic mass is 19.1. The van der Waals surface area contributed by atoms with Crippen molar-refractivity contribution in [2.24, 2.45) is 0 Å². The number of aryl methyl sites for hydroxylation is 2. The highest BCUT2D eigenvalue weighted by Crippen LogP contribution is 2.24. The van der Waals surface area contributed by atoms with Gasteiger partial charge in [-0.2, -0.15) is 0 Å². The van der Waals surface area contributed by atoms with Gasteiger partial charge in [-0.05, 0) is 48.7 Å². The summed E-state index contributed by atoms with van der Waals surface area (Å²) in [5, 5.41) is 0. The molecule has 0 fully saturated rings. The van der Waals surface area contributed by atoms with E-state index in [1.807, 2.05) is 36.0 Å². The molecule has 4 rings (SSSR count). The average Bonchev–Trinajstić information content (AvgIpc) is 3.12. The normalized spacial score (nSPS) is 11.2. The first-order chi connectivity index (χ1) is 13.2. The maximum Gasteiger partial charge on any atom is 0.162 e. The Morgan fingerprint density at radius 3 is 2.78 bits per heavy atom. The predicted octanol–water partition coefficient (Wildman–Crippen LogP) is 4.34. The summed E-state index contributed by atoms with van der Waals surface area (Å²) in [4.78, 5) is 17.8. The Balaban J connectivity index is 1.80. The molecule has 0 aromatic carbocycles. The van der Waals surface area contributed by atoms with E-state index in [2.05, 4.69) is 21.9 Å². The molecule has 4 aromatic rings. The van der Waals surface area contributed by atoms with Crippen LogP contribution in [0.4, 0.5) is 4.39 Å². The van der Waals surface area contributed by atoms with Gasteiger partial charge >= 0.3 is 0 Å². The zero-order chi connectivity index (χ0) is 18.8. The fourth-order valence-corrected chi connectivity index (χ4v) is 3.31. The van der Waals surface area contributed by atoms with Crippen LogP contribution in [0, 0.1) is 12.7 Å². The molecule has 0 saturated carbocycles. The van der Waals surface area contributed by atoms with Crippen LogP contribution in [0.1, 0.15) is 30.2 Å². The van der Waals surface area contributed by atoms with Crippen LogP contribution < -0.4 is 0 Å². The molecule has 136 valence electrons. The number of pyridine rings is 3. The Bertz CT molecular complexity index is 1100. The lowest BCUT2D eigenvalue weighted by Crippen LogP contribution is -2.07. The molecule has 0 saturated heterocycles. The van der Waals surface area contributed by atoms with E-state index in [1.165, 1.54) is 11.6 Å². The van der Waals surface area contributed by atoms with Gasteiger partial charge in [-0.1, -0.05) is 13.3 Å². The predicted molar refractivity (Wildman–Crippen MR) is 103 cm³/mol. The van der Waals surface area contributed by atoms with Gasteiger partial charge in [0.25, 0.3) is 0 Å². The number of halogens is 1. The van der Waals surface area contributed by atoms with Crippen molar-refractivity contribution in [1.82, 2.24) is 24.5 Å².